The molecule has 4 heteroatoms. The third kappa shape index (κ3) is 4.47. The van der Waals surface area contributed by atoms with Crippen LogP contribution in [-0.4, -0.2) is 61.5 Å². The lowest BCUT2D eigenvalue weighted by Gasteiger charge is -2.33. The molecule has 3 unspecified atom stereocenters. The van der Waals surface area contributed by atoms with Gasteiger partial charge in [0.15, 0.2) is 0 Å². The first kappa shape index (κ1) is 17.7. The molecule has 0 bridgehead atoms. The van der Waals surface area contributed by atoms with E-state index in [4.69, 9.17) is 9.47 Å². The van der Waals surface area contributed by atoms with Gasteiger partial charge in [-0.2, -0.15) is 0 Å². The van der Waals surface area contributed by atoms with Gasteiger partial charge >= 0.3 is 0 Å². The summed E-state index contributed by atoms with van der Waals surface area (Å²) in [5.74, 6) is 0.742. The van der Waals surface area contributed by atoms with Gasteiger partial charge in [-0.05, 0) is 84.8 Å². The van der Waals surface area contributed by atoms with Gasteiger partial charge in [0.2, 0.25) is 0 Å². The van der Waals surface area contributed by atoms with E-state index in [9.17, 15) is 0 Å². The Kier molecular flexibility index (Phi) is 6.00. The molecule has 134 valence electrons. The van der Waals surface area contributed by atoms with Crippen LogP contribution < -0.4 is 5.32 Å². The first-order chi connectivity index (χ1) is 11.1. The lowest BCUT2D eigenvalue weighted by molar-refractivity contribution is -0.0133. The van der Waals surface area contributed by atoms with E-state index in [2.05, 4.69) is 31.0 Å². The maximum atomic E-state index is 6.33. The molecule has 0 aromatic carbocycles. The second-order valence-electron chi connectivity index (χ2n) is 8.36. The van der Waals surface area contributed by atoms with Crippen LogP contribution in [0.3, 0.4) is 0 Å². The zero-order chi connectivity index (χ0) is 16.3. The monoisotopic (exact) mass is 324 g/mol. The summed E-state index contributed by atoms with van der Waals surface area (Å²) in [7, 11) is 0. The van der Waals surface area contributed by atoms with Crippen LogP contribution in [0.25, 0.3) is 0 Å². The van der Waals surface area contributed by atoms with Gasteiger partial charge in [-0.3, -0.25) is 4.90 Å². The molecule has 0 aromatic heterocycles. The summed E-state index contributed by atoms with van der Waals surface area (Å²) in [6.45, 7) is 12.0. The Morgan fingerprint density at radius 3 is 2.57 bits per heavy atom. The fourth-order valence-electron chi connectivity index (χ4n) is 4.81. The molecular formula is C19H36N2O2. The molecular weight excluding hydrogens is 288 g/mol. The van der Waals surface area contributed by atoms with Gasteiger partial charge in [-0.1, -0.05) is 0 Å². The van der Waals surface area contributed by atoms with E-state index in [1.165, 1.54) is 51.6 Å². The number of rotatable bonds is 8. The maximum absolute atomic E-state index is 6.33. The van der Waals surface area contributed by atoms with Gasteiger partial charge in [-0.15, -0.1) is 0 Å². The average molecular weight is 325 g/mol. The first-order valence-corrected chi connectivity index (χ1v) is 9.79. The molecule has 1 N–H and O–H groups in total. The van der Waals surface area contributed by atoms with E-state index in [0.717, 1.165) is 25.7 Å². The van der Waals surface area contributed by atoms with Crippen molar-refractivity contribution in [1.29, 1.82) is 0 Å². The molecule has 0 aromatic rings. The molecule has 3 fully saturated rings. The van der Waals surface area contributed by atoms with Crippen molar-refractivity contribution in [2.24, 2.45) is 5.92 Å². The van der Waals surface area contributed by atoms with Crippen molar-refractivity contribution in [2.45, 2.75) is 83.1 Å². The van der Waals surface area contributed by atoms with E-state index >= 15 is 0 Å². The zero-order valence-electron chi connectivity index (χ0n) is 15.4. The number of hydrogen-bond donors (Lipinski definition) is 1. The summed E-state index contributed by atoms with van der Waals surface area (Å²) >= 11 is 0. The molecule has 3 aliphatic rings. The van der Waals surface area contributed by atoms with Crippen LogP contribution in [0.15, 0.2) is 0 Å². The van der Waals surface area contributed by atoms with Gasteiger partial charge in [-0.25, -0.2) is 0 Å². The molecule has 3 saturated heterocycles. The first-order valence-electron chi connectivity index (χ1n) is 9.79. The topological polar surface area (TPSA) is 33.7 Å². The van der Waals surface area contributed by atoms with Crippen LogP contribution in [-0.2, 0) is 9.47 Å². The van der Waals surface area contributed by atoms with Crippen molar-refractivity contribution in [3.05, 3.63) is 0 Å². The Morgan fingerprint density at radius 2 is 1.87 bits per heavy atom. The predicted octanol–water partition coefficient (Wildman–Crippen LogP) is 2.81. The number of ether oxygens (including phenoxy) is 2. The number of nitrogens with zero attached hydrogens (tertiary/aromatic N) is 1. The van der Waals surface area contributed by atoms with Gasteiger partial charge in [0, 0.05) is 11.6 Å². The summed E-state index contributed by atoms with van der Waals surface area (Å²) in [6, 6.07) is 0.536. The van der Waals surface area contributed by atoms with E-state index < -0.39 is 0 Å². The molecule has 23 heavy (non-hydrogen) atoms. The Morgan fingerprint density at radius 1 is 1.13 bits per heavy atom. The molecule has 0 aliphatic carbocycles. The summed E-state index contributed by atoms with van der Waals surface area (Å²) in [5, 5.41) is 3.61. The zero-order valence-corrected chi connectivity index (χ0v) is 15.4. The SMILES string of the molecule is CC(C)OCC1CC(CC(C)OCC23CCCN2CCC3)CN1. The molecule has 3 rings (SSSR count). The van der Waals surface area contributed by atoms with Crippen LogP contribution in [0.4, 0.5) is 0 Å². The number of hydrogen-bond acceptors (Lipinski definition) is 4. The Bertz CT molecular complexity index is 364. The van der Waals surface area contributed by atoms with Crippen LogP contribution >= 0.6 is 0 Å². The fourth-order valence-corrected chi connectivity index (χ4v) is 4.81. The van der Waals surface area contributed by atoms with E-state index in [0.29, 0.717) is 23.8 Å². The van der Waals surface area contributed by atoms with E-state index in [-0.39, 0.29) is 0 Å². The number of fused-ring (bicyclic) bond motifs is 1. The minimum absolute atomic E-state index is 0.332. The quantitative estimate of drug-likeness (QED) is 0.744. The van der Waals surface area contributed by atoms with Crippen molar-refractivity contribution in [1.82, 2.24) is 10.2 Å². The highest BCUT2D eigenvalue weighted by Gasteiger charge is 2.44. The highest BCUT2D eigenvalue weighted by molar-refractivity contribution is 5.00. The highest BCUT2D eigenvalue weighted by atomic mass is 16.5. The van der Waals surface area contributed by atoms with Crippen molar-refractivity contribution < 1.29 is 9.47 Å². The lowest BCUT2D eigenvalue weighted by Crippen LogP contribution is -2.43. The summed E-state index contributed by atoms with van der Waals surface area (Å²) in [4.78, 5) is 2.69. The van der Waals surface area contributed by atoms with E-state index in [1.807, 2.05) is 0 Å². The fraction of sp³-hybridized carbons (Fsp3) is 1.00. The maximum Gasteiger partial charge on any atom is 0.0654 e. The Balaban J connectivity index is 1.36. The molecule has 3 heterocycles. The summed E-state index contributed by atoms with van der Waals surface area (Å²) in [6.07, 6.45) is 8.54. The minimum atomic E-state index is 0.332. The molecule has 3 aliphatic heterocycles. The van der Waals surface area contributed by atoms with Crippen LogP contribution in [0.2, 0.25) is 0 Å². The smallest absolute Gasteiger partial charge is 0.0654 e. The average Bonchev–Trinajstić information content (AvgIpc) is 3.18. The van der Waals surface area contributed by atoms with Gasteiger partial charge < -0.3 is 14.8 Å². The van der Waals surface area contributed by atoms with Crippen molar-refractivity contribution in [3.8, 4) is 0 Å². The highest BCUT2D eigenvalue weighted by Crippen LogP contribution is 2.39. The minimum Gasteiger partial charge on any atom is -0.377 e. The molecule has 0 spiro atoms. The van der Waals surface area contributed by atoms with Gasteiger partial charge in [0.1, 0.15) is 0 Å². The predicted molar refractivity (Wildman–Crippen MR) is 93.8 cm³/mol. The van der Waals surface area contributed by atoms with Gasteiger partial charge in [0.25, 0.3) is 0 Å². The van der Waals surface area contributed by atoms with Crippen molar-refractivity contribution in [3.63, 3.8) is 0 Å². The lowest BCUT2D eigenvalue weighted by atomic mass is 9.95. The Hall–Kier alpha value is -0.160. The summed E-state index contributed by atoms with van der Waals surface area (Å²) in [5.41, 5.74) is 0.399. The van der Waals surface area contributed by atoms with Crippen LogP contribution in [0, 0.1) is 5.92 Å². The molecule has 0 radical (unpaired) electrons. The largest absolute Gasteiger partial charge is 0.377 e. The van der Waals surface area contributed by atoms with Crippen LogP contribution in [0.5, 0.6) is 0 Å². The molecule has 4 nitrogen and oxygen atoms in total. The van der Waals surface area contributed by atoms with Crippen molar-refractivity contribution in [2.75, 3.05) is 32.8 Å². The van der Waals surface area contributed by atoms with E-state index in [1.54, 1.807) is 0 Å². The van der Waals surface area contributed by atoms with Gasteiger partial charge in [0.05, 0.1) is 25.4 Å². The third-order valence-corrected chi connectivity index (χ3v) is 6.06. The second kappa shape index (κ2) is 7.81. The number of nitrogens with one attached hydrogen (secondary N) is 1. The normalized spacial score (nSPS) is 31.8. The second-order valence-corrected chi connectivity index (χ2v) is 8.36. The Labute approximate surface area is 142 Å². The summed E-state index contributed by atoms with van der Waals surface area (Å²) < 4.78 is 12.1. The molecule has 0 amide bonds. The standard InChI is InChI=1S/C19H36N2O2/c1-15(2)22-13-18-11-17(12-20-18)10-16(3)23-14-19-6-4-8-21(19)9-5-7-19/h15-18,20H,4-14H2,1-3H3. The van der Waals surface area contributed by atoms with Crippen molar-refractivity contribution >= 4 is 0 Å². The molecule has 3 atom stereocenters. The third-order valence-electron chi connectivity index (χ3n) is 6.06. The van der Waals surface area contributed by atoms with Crippen LogP contribution in [0.1, 0.15) is 59.3 Å². The molecule has 0 saturated carbocycles.